The number of pyridine rings is 1. The van der Waals surface area contributed by atoms with E-state index in [0.29, 0.717) is 11.4 Å². The molecule has 0 aliphatic heterocycles. The number of anilines is 1. The van der Waals surface area contributed by atoms with Gasteiger partial charge in [-0.1, -0.05) is 30.3 Å². The Hall–Kier alpha value is -2.01. The van der Waals surface area contributed by atoms with Crippen molar-refractivity contribution in [3.63, 3.8) is 0 Å². The van der Waals surface area contributed by atoms with Gasteiger partial charge in [-0.2, -0.15) is 0 Å². The van der Waals surface area contributed by atoms with Crippen LogP contribution in [0.4, 0.5) is 5.82 Å². The minimum Gasteiger partial charge on any atom is -0.384 e. The highest BCUT2D eigenvalue weighted by Gasteiger charge is 2.10. The second kappa shape index (κ2) is 5.55. The fraction of sp³-hybridized carbons (Fsp3) is 0.0769. The van der Waals surface area contributed by atoms with E-state index in [4.69, 9.17) is 11.5 Å². The van der Waals surface area contributed by atoms with E-state index in [1.54, 1.807) is 6.20 Å². The molecule has 1 amide bonds. The van der Waals surface area contributed by atoms with Crippen molar-refractivity contribution >= 4 is 23.5 Å². The number of carbonyl (C=O) groups is 1. The molecule has 0 spiro atoms. The Morgan fingerprint density at radius 3 is 2.67 bits per heavy atom. The monoisotopic (exact) mass is 259 g/mol. The lowest BCUT2D eigenvalue weighted by molar-refractivity contribution is 0.0997. The average molecular weight is 259 g/mol. The van der Waals surface area contributed by atoms with E-state index in [0.717, 1.165) is 10.6 Å². The maximum Gasteiger partial charge on any atom is 0.250 e. The van der Waals surface area contributed by atoms with Crippen molar-refractivity contribution < 1.29 is 4.79 Å². The molecule has 0 saturated heterocycles. The molecule has 18 heavy (non-hydrogen) atoms. The standard InChI is InChI=1S/C13H13N3OS/c14-12-6-10(13(15)17)11(7-16-12)18-8-9-4-2-1-3-5-9/h1-7H,8H2,(H2,14,16)(H2,15,17). The van der Waals surface area contributed by atoms with Crippen LogP contribution >= 0.6 is 11.8 Å². The summed E-state index contributed by atoms with van der Waals surface area (Å²) in [7, 11) is 0. The quantitative estimate of drug-likeness (QED) is 0.823. The van der Waals surface area contributed by atoms with Gasteiger partial charge in [0.15, 0.2) is 0 Å². The number of aromatic nitrogens is 1. The van der Waals surface area contributed by atoms with Gasteiger partial charge in [-0.25, -0.2) is 4.98 Å². The molecule has 0 atom stereocenters. The van der Waals surface area contributed by atoms with Gasteiger partial charge < -0.3 is 11.5 Å². The lowest BCUT2D eigenvalue weighted by atomic mass is 10.2. The molecule has 0 radical (unpaired) electrons. The Kier molecular flexibility index (Phi) is 3.84. The molecule has 2 rings (SSSR count). The molecule has 1 aromatic carbocycles. The molecule has 4 N–H and O–H groups in total. The largest absolute Gasteiger partial charge is 0.384 e. The third kappa shape index (κ3) is 3.01. The van der Waals surface area contributed by atoms with E-state index in [2.05, 4.69) is 4.98 Å². The second-order valence-electron chi connectivity index (χ2n) is 3.74. The molecular weight excluding hydrogens is 246 g/mol. The first kappa shape index (κ1) is 12.4. The van der Waals surface area contributed by atoms with Crippen molar-refractivity contribution in [3.8, 4) is 0 Å². The molecule has 0 saturated carbocycles. The number of nitrogen functional groups attached to an aromatic ring is 1. The highest BCUT2D eigenvalue weighted by Crippen LogP contribution is 2.26. The summed E-state index contributed by atoms with van der Waals surface area (Å²) in [5, 5.41) is 0. The Balaban J connectivity index is 2.17. The van der Waals surface area contributed by atoms with Crippen LogP contribution in [0.2, 0.25) is 0 Å². The maximum atomic E-state index is 11.3. The molecule has 2 aromatic rings. The Morgan fingerprint density at radius 1 is 1.28 bits per heavy atom. The summed E-state index contributed by atoms with van der Waals surface area (Å²) in [5.41, 5.74) is 12.5. The number of amides is 1. The molecule has 0 unspecified atom stereocenters. The summed E-state index contributed by atoms with van der Waals surface area (Å²) in [4.78, 5) is 16.0. The van der Waals surface area contributed by atoms with E-state index >= 15 is 0 Å². The molecule has 4 nitrogen and oxygen atoms in total. The molecule has 0 aliphatic rings. The molecule has 1 heterocycles. The van der Waals surface area contributed by atoms with Crippen LogP contribution in [-0.2, 0) is 5.75 Å². The van der Waals surface area contributed by atoms with Gasteiger partial charge in [-0.3, -0.25) is 4.79 Å². The van der Waals surface area contributed by atoms with Crippen molar-refractivity contribution in [3.05, 3.63) is 53.7 Å². The highest BCUT2D eigenvalue weighted by atomic mass is 32.2. The number of rotatable bonds is 4. The zero-order chi connectivity index (χ0) is 13.0. The van der Waals surface area contributed by atoms with Crippen LogP contribution in [0.25, 0.3) is 0 Å². The predicted octanol–water partition coefficient (Wildman–Crippen LogP) is 2.05. The van der Waals surface area contributed by atoms with Crippen LogP contribution in [0.15, 0.2) is 47.5 Å². The van der Waals surface area contributed by atoms with Gasteiger partial charge in [0.05, 0.1) is 5.56 Å². The topological polar surface area (TPSA) is 82.0 Å². The van der Waals surface area contributed by atoms with Gasteiger partial charge in [-0.05, 0) is 11.6 Å². The highest BCUT2D eigenvalue weighted by molar-refractivity contribution is 7.98. The van der Waals surface area contributed by atoms with Crippen molar-refractivity contribution in [2.75, 3.05) is 5.73 Å². The molecule has 5 heteroatoms. The van der Waals surface area contributed by atoms with Crippen LogP contribution in [0.5, 0.6) is 0 Å². The van der Waals surface area contributed by atoms with Crippen LogP contribution < -0.4 is 11.5 Å². The van der Waals surface area contributed by atoms with Crippen molar-refractivity contribution in [1.82, 2.24) is 4.98 Å². The minimum absolute atomic E-state index is 0.299. The lowest BCUT2D eigenvalue weighted by Crippen LogP contribution is -2.13. The van der Waals surface area contributed by atoms with E-state index < -0.39 is 5.91 Å². The first-order valence-corrected chi connectivity index (χ1v) is 6.37. The van der Waals surface area contributed by atoms with E-state index in [9.17, 15) is 4.79 Å². The average Bonchev–Trinajstić information content (AvgIpc) is 2.38. The number of hydrogen-bond donors (Lipinski definition) is 2. The van der Waals surface area contributed by atoms with Gasteiger partial charge in [0, 0.05) is 16.8 Å². The first-order chi connectivity index (χ1) is 8.66. The normalized spacial score (nSPS) is 10.2. The smallest absolute Gasteiger partial charge is 0.250 e. The molecule has 92 valence electrons. The maximum absolute atomic E-state index is 11.3. The van der Waals surface area contributed by atoms with Crippen molar-refractivity contribution in [2.24, 2.45) is 5.73 Å². The SMILES string of the molecule is NC(=O)c1cc(N)ncc1SCc1ccccc1. The van der Waals surface area contributed by atoms with Gasteiger partial charge in [0.2, 0.25) is 5.91 Å². The minimum atomic E-state index is -0.486. The van der Waals surface area contributed by atoms with Crippen molar-refractivity contribution in [1.29, 1.82) is 0 Å². The summed E-state index contributed by atoms with van der Waals surface area (Å²) in [6, 6.07) is 11.5. The first-order valence-electron chi connectivity index (χ1n) is 5.39. The van der Waals surface area contributed by atoms with Crippen LogP contribution in [0.1, 0.15) is 15.9 Å². The van der Waals surface area contributed by atoms with Crippen molar-refractivity contribution in [2.45, 2.75) is 10.6 Å². The summed E-state index contributed by atoms with van der Waals surface area (Å²) in [6.45, 7) is 0. The van der Waals surface area contributed by atoms with Gasteiger partial charge >= 0.3 is 0 Å². The summed E-state index contributed by atoms with van der Waals surface area (Å²) >= 11 is 1.52. The molecule has 1 aromatic heterocycles. The van der Waals surface area contributed by atoms with Gasteiger partial charge in [0.25, 0.3) is 0 Å². The zero-order valence-corrected chi connectivity index (χ0v) is 10.5. The van der Waals surface area contributed by atoms with Crippen LogP contribution in [0, 0.1) is 0 Å². The Bertz CT molecular complexity index is 557. The third-order valence-corrected chi connectivity index (χ3v) is 3.51. The second-order valence-corrected chi connectivity index (χ2v) is 4.76. The fourth-order valence-electron chi connectivity index (χ4n) is 1.50. The van der Waals surface area contributed by atoms with Crippen LogP contribution in [-0.4, -0.2) is 10.9 Å². The van der Waals surface area contributed by atoms with Crippen LogP contribution in [0.3, 0.4) is 0 Å². The van der Waals surface area contributed by atoms with Gasteiger partial charge in [0.1, 0.15) is 5.82 Å². The number of carbonyl (C=O) groups excluding carboxylic acids is 1. The summed E-state index contributed by atoms with van der Waals surface area (Å²) < 4.78 is 0. The Morgan fingerprint density at radius 2 is 2.00 bits per heavy atom. The summed E-state index contributed by atoms with van der Waals surface area (Å²) in [6.07, 6.45) is 1.59. The third-order valence-electron chi connectivity index (χ3n) is 2.39. The van der Waals surface area contributed by atoms with Gasteiger partial charge in [-0.15, -0.1) is 11.8 Å². The molecule has 0 bridgehead atoms. The number of primary amides is 1. The predicted molar refractivity (Wildman–Crippen MR) is 73.2 cm³/mol. The summed E-state index contributed by atoms with van der Waals surface area (Å²) in [5.74, 6) is 0.569. The lowest BCUT2D eigenvalue weighted by Gasteiger charge is -2.06. The number of hydrogen-bond acceptors (Lipinski definition) is 4. The fourth-order valence-corrected chi connectivity index (χ4v) is 2.46. The number of thioether (sulfide) groups is 1. The number of nitrogens with two attached hydrogens (primary N) is 2. The molecule has 0 fully saturated rings. The van der Waals surface area contributed by atoms with E-state index in [-0.39, 0.29) is 0 Å². The number of benzene rings is 1. The van der Waals surface area contributed by atoms with E-state index in [1.165, 1.54) is 23.4 Å². The van der Waals surface area contributed by atoms with E-state index in [1.807, 2.05) is 30.3 Å². The molecule has 0 aliphatic carbocycles. The zero-order valence-electron chi connectivity index (χ0n) is 9.67. The number of nitrogens with zero attached hydrogens (tertiary/aromatic N) is 1. The Labute approximate surface area is 109 Å². The molecular formula is C13H13N3OS.